The van der Waals surface area contributed by atoms with Crippen molar-refractivity contribution in [1.82, 2.24) is 10.2 Å². The molecule has 0 amide bonds. The molecular weight excluding hydrogens is 248 g/mol. The van der Waals surface area contributed by atoms with Gasteiger partial charge in [-0.1, -0.05) is 19.8 Å². The van der Waals surface area contributed by atoms with Crippen LogP contribution in [0, 0.1) is 5.41 Å². The van der Waals surface area contributed by atoms with Gasteiger partial charge < -0.3 is 15.0 Å². The van der Waals surface area contributed by atoms with Crippen LogP contribution in [-0.2, 0) is 4.74 Å². The van der Waals surface area contributed by atoms with Crippen LogP contribution in [0.3, 0.4) is 0 Å². The standard InChI is InChI=1S/C17H34N2O/c1-4-5-6-10-19(15(2)3)13-17(9-11-20-14-17)12-18-16-7-8-16/h15-16,18H,4-14H2,1-3H3. The van der Waals surface area contributed by atoms with Gasteiger partial charge in [-0.05, 0) is 46.1 Å². The number of unbranched alkanes of at least 4 members (excludes halogenated alkanes) is 2. The highest BCUT2D eigenvalue weighted by molar-refractivity contribution is 4.92. The van der Waals surface area contributed by atoms with E-state index in [9.17, 15) is 0 Å². The highest BCUT2D eigenvalue weighted by Crippen LogP contribution is 2.31. The summed E-state index contributed by atoms with van der Waals surface area (Å²) in [5, 5.41) is 3.74. The van der Waals surface area contributed by atoms with Gasteiger partial charge in [-0.2, -0.15) is 0 Å². The summed E-state index contributed by atoms with van der Waals surface area (Å²) in [4.78, 5) is 2.68. The zero-order valence-electron chi connectivity index (χ0n) is 13.8. The molecule has 0 aromatic carbocycles. The van der Waals surface area contributed by atoms with Crippen LogP contribution < -0.4 is 5.32 Å². The molecule has 2 rings (SSSR count). The Morgan fingerprint density at radius 3 is 2.65 bits per heavy atom. The third kappa shape index (κ3) is 5.01. The highest BCUT2D eigenvalue weighted by Gasteiger charge is 2.38. The lowest BCUT2D eigenvalue weighted by Crippen LogP contribution is -2.47. The van der Waals surface area contributed by atoms with Gasteiger partial charge in [0, 0.05) is 37.2 Å². The summed E-state index contributed by atoms with van der Waals surface area (Å²) >= 11 is 0. The Hall–Kier alpha value is -0.120. The smallest absolute Gasteiger partial charge is 0.0547 e. The molecule has 118 valence electrons. The van der Waals surface area contributed by atoms with E-state index in [1.54, 1.807) is 0 Å². The van der Waals surface area contributed by atoms with Gasteiger partial charge in [-0.3, -0.25) is 0 Å². The summed E-state index contributed by atoms with van der Waals surface area (Å²) in [7, 11) is 0. The highest BCUT2D eigenvalue weighted by atomic mass is 16.5. The van der Waals surface area contributed by atoms with E-state index in [-0.39, 0.29) is 0 Å². The fraction of sp³-hybridized carbons (Fsp3) is 1.00. The Morgan fingerprint density at radius 1 is 1.30 bits per heavy atom. The monoisotopic (exact) mass is 282 g/mol. The van der Waals surface area contributed by atoms with E-state index >= 15 is 0 Å². The zero-order chi connectivity index (χ0) is 14.4. The summed E-state index contributed by atoms with van der Waals surface area (Å²) < 4.78 is 5.75. The Balaban J connectivity index is 1.85. The van der Waals surface area contributed by atoms with Crippen molar-refractivity contribution in [3.63, 3.8) is 0 Å². The molecule has 0 bridgehead atoms. The van der Waals surface area contributed by atoms with E-state index in [1.807, 2.05) is 0 Å². The Labute approximate surface area is 125 Å². The number of nitrogens with zero attached hydrogens (tertiary/aromatic N) is 1. The lowest BCUT2D eigenvalue weighted by Gasteiger charge is -2.37. The number of ether oxygens (including phenoxy) is 1. The first kappa shape index (κ1) is 16.3. The Bertz CT molecular complexity index is 270. The normalized spacial score (nSPS) is 26.9. The van der Waals surface area contributed by atoms with Crippen molar-refractivity contribution in [1.29, 1.82) is 0 Å². The van der Waals surface area contributed by atoms with Crippen LogP contribution in [0.1, 0.15) is 59.3 Å². The summed E-state index contributed by atoms with van der Waals surface area (Å²) in [6.07, 6.45) is 7.98. The lowest BCUT2D eigenvalue weighted by molar-refractivity contribution is 0.0913. The van der Waals surface area contributed by atoms with Crippen molar-refractivity contribution in [2.45, 2.75) is 71.4 Å². The predicted octanol–water partition coefficient (Wildman–Crippen LogP) is 3.05. The molecular formula is C17H34N2O. The van der Waals surface area contributed by atoms with Gasteiger partial charge >= 0.3 is 0 Å². The number of hydrogen-bond donors (Lipinski definition) is 1. The third-order valence-corrected chi connectivity index (χ3v) is 4.85. The van der Waals surface area contributed by atoms with Crippen molar-refractivity contribution in [3.05, 3.63) is 0 Å². The maximum absolute atomic E-state index is 5.75. The molecule has 3 heteroatoms. The molecule has 1 aliphatic heterocycles. The minimum Gasteiger partial charge on any atom is -0.381 e. The molecule has 20 heavy (non-hydrogen) atoms. The van der Waals surface area contributed by atoms with Crippen LogP contribution in [0.5, 0.6) is 0 Å². The maximum Gasteiger partial charge on any atom is 0.0547 e. The van der Waals surface area contributed by atoms with Crippen LogP contribution >= 0.6 is 0 Å². The number of hydrogen-bond acceptors (Lipinski definition) is 3. The first-order chi connectivity index (χ1) is 9.65. The average Bonchev–Trinajstić information content (AvgIpc) is 3.15. The van der Waals surface area contributed by atoms with Crippen LogP contribution in [0.4, 0.5) is 0 Å². The molecule has 2 aliphatic rings. The van der Waals surface area contributed by atoms with Gasteiger partial charge in [0.2, 0.25) is 0 Å². The first-order valence-corrected chi connectivity index (χ1v) is 8.70. The van der Waals surface area contributed by atoms with Crippen LogP contribution in [-0.4, -0.2) is 49.8 Å². The van der Waals surface area contributed by atoms with Gasteiger partial charge in [0.15, 0.2) is 0 Å². The second kappa shape index (κ2) is 7.77. The molecule has 0 aromatic rings. The van der Waals surface area contributed by atoms with Crippen LogP contribution in [0.15, 0.2) is 0 Å². The molecule has 1 aliphatic carbocycles. The van der Waals surface area contributed by atoms with E-state index in [4.69, 9.17) is 4.74 Å². The molecule has 1 saturated heterocycles. The quantitative estimate of drug-likeness (QED) is 0.623. The third-order valence-electron chi connectivity index (χ3n) is 4.85. The Kier molecular flexibility index (Phi) is 6.31. The molecule has 0 radical (unpaired) electrons. The van der Waals surface area contributed by atoms with E-state index in [0.717, 1.165) is 25.8 Å². The molecule has 0 aromatic heterocycles. The topological polar surface area (TPSA) is 24.5 Å². The summed E-state index contributed by atoms with van der Waals surface area (Å²) in [6.45, 7) is 12.5. The molecule has 1 unspecified atom stereocenters. The summed E-state index contributed by atoms with van der Waals surface area (Å²) in [6, 6.07) is 1.45. The van der Waals surface area contributed by atoms with E-state index in [0.29, 0.717) is 11.5 Å². The van der Waals surface area contributed by atoms with Crippen molar-refractivity contribution in [2.24, 2.45) is 5.41 Å². The second-order valence-corrected chi connectivity index (χ2v) is 7.23. The van der Waals surface area contributed by atoms with Gasteiger partial charge in [0.1, 0.15) is 0 Å². The molecule has 2 fully saturated rings. The average molecular weight is 282 g/mol. The van der Waals surface area contributed by atoms with Gasteiger partial charge in [-0.15, -0.1) is 0 Å². The minimum atomic E-state index is 0.360. The van der Waals surface area contributed by atoms with Gasteiger partial charge in [0.25, 0.3) is 0 Å². The number of rotatable bonds is 10. The predicted molar refractivity (Wildman–Crippen MR) is 85.1 cm³/mol. The van der Waals surface area contributed by atoms with Crippen molar-refractivity contribution in [3.8, 4) is 0 Å². The summed E-state index contributed by atoms with van der Waals surface area (Å²) in [5.74, 6) is 0. The molecule has 1 saturated carbocycles. The van der Waals surface area contributed by atoms with E-state index < -0.39 is 0 Å². The SMILES string of the molecule is CCCCCN(CC1(CNC2CC2)CCOC1)C(C)C. The zero-order valence-corrected chi connectivity index (χ0v) is 13.8. The van der Waals surface area contributed by atoms with Crippen molar-refractivity contribution >= 4 is 0 Å². The molecule has 1 heterocycles. The van der Waals surface area contributed by atoms with E-state index in [2.05, 4.69) is 31.0 Å². The van der Waals surface area contributed by atoms with Crippen LogP contribution in [0.2, 0.25) is 0 Å². The number of nitrogens with one attached hydrogen (secondary N) is 1. The molecule has 1 atom stereocenters. The largest absolute Gasteiger partial charge is 0.381 e. The Morgan fingerprint density at radius 2 is 2.10 bits per heavy atom. The molecule has 0 spiro atoms. The second-order valence-electron chi connectivity index (χ2n) is 7.23. The first-order valence-electron chi connectivity index (χ1n) is 8.70. The maximum atomic E-state index is 5.75. The minimum absolute atomic E-state index is 0.360. The fourth-order valence-corrected chi connectivity index (χ4v) is 3.13. The molecule has 3 nitrogen and oxygen atoms in total. The van der Waals surface area contributed by atoms with E-state index in [1.165, 1.54) is 51.6 Å². The van der Waals surface area contributed by atoms with Gasteiger partial charge in [0.05, 0.1) is 6.61 Å². The summed E-state index contributed by atoms with van der Waals surface area (Å²) in [5.41, 5.74) is 0.360. The molecule has 1 N–H and O–H groups in total. The van der Waals surface area contributed by atoms with Gasteiger partial charge in [-0.25, -0.2) is 0 Å². The van der Waals surface area contributed by atoms with Crippen molar-refractivity contribution in [2.75, 3.05) is 32.8 Å². The van der Waals surface area contributed by atoms with Crippen molar-refractivity contribution < 1.29 is 4.74 Å². The van der Waals surface area contributed by atoms with Crippen LogP contribution in [0.25, 0.3) is 0 Å². The fourth-order valence-electron chi connectivity index (χ4n) is 3.13. The lowest BCUT2D eigenvalue weighted by atomic mass is 9.86.